The molecule has 0 aromatic heterocycles. The van der Waals surface area contributed by atoms with Crippen LogP contribution in [0.5, 0.6) is 5.75 Å². The summed E-state index contributed by atoms with van der Waals surface area (Å²) in [6.45, 7) is -3.23. The van der Waals surface area contributed by atoms with Crippen LogP contribution in [0.3, 0.4) is 0 Å². The van der Waals surface area contributed by atoms with Crippen LogP contribution in [0, 0.1) is 0 Å². The number of hydrogen-bond donors (Lipinski definition) is 0. The number of ether oxygens (including phenoxy) is 1. The van der Waals surface area contributed by atoms with E-state index in [9.17, 15) is 79.0 Å². The molecule has 0 unspecified atom stereocenters. The molecule has 198 valence electrons. The number of halogens is 18. The summed E-state index contributed by atoms with van der Waals surface area (Å²) >= 11 is 0. The SMILES string of the molecule is FC(F)(F)c1cccc(OCC(F)(F)C(F)(F)C(F)(F)C(F)(F)C(F)(F)C(F)(F)C(F)(F)F)c1. The zero-order valence-corrected chi connectivity index (χ0v) is 15.2. The second-order valence-corrected chi connectivity index (χ2v) is 6.39. The fourth-order valence-corrected chi connectivity index (χ4v) is 2.03. The van der Waals surface area contributed by atoms with Crippen molar-refractivity contribution in [2.45, 2.75) is 47.9 Å². The van der Waals surface area contributed by atoms with E-state index in [0.29, 0.717) is 12.1 Å². The Morgan fingerprint density at radius 3 is 1.35 bits per heavy atom. The van der Waals surface area contributed by atoms with E-state index in [1.807, 2.05) is 0 Å². The Morgan fingerprint density at radius 2 is 0.941 bits per heavy atom. The van der Waals surface area contributed by atoms with Crippen molar-refractivity contribution in [3.63, 3.8) is 0 Å². The van der Waals surface area contributed by atoms with Crippen LogP contribution >= 0.6 is 0 Å². The Bertz CT molecular complexity index is 865. The molecule has 0 saturated carbocycles. The molecule has 0 spiro atoms. The van der Waals surface area contributed by atoms with Crippen molar-refractivity contribution in [3.05, 3.63) is 29.8 Å². The van der Waals surface area contributed by atoms with E-state index in [4.69, 9.17) is 0 Å². The van der Waals surface area contributed by atoms with Crippen LogP contribution in [0.4, 0.5) is 79.0 Å². The van der Waals surface area contributed by atoms with Gasteiger partial charge in [0, 0.05) is 0 Å². The van der Waals surface area contributed by atoms with E-state index in [-0.39, 0.29) is 12.1 Å². The van der Waals surface area contributed by atoms with Gasteiger partial charge in [-0.15, -0.1) is 0 Å². The number of rotatable bonds is 8. The maximum absolute atomic E-state index is 13.6. The van der Waals surface area contributed by atoms with Gasteiger partial charge in [0.15, 0.2) is 6.61 Å². The van der Waals surface area contributed by atoms with Crippen LogP contribution in [-0.2, 0) is 6.18 Å². The normalized spacial score (nSPS) is 15.5. The van der Waals surface area contributed by atoms with Crippen LogP contribution < -0.4 is 4.74 Å². The Hall–Kier alpha value is -2.24. The van der Waals surface area contributed by atoms with Gasteiger partial charge in [0.1, 0.15) is 5.75 Å². The minimum atomic E-state index is -8.46. The summed E-state index contributed by atoms with van der Waals surface area (Å²) in [6.07, 6.45) is -12.9. The summed E-state index contributed by atoms with van der Waals surface area (Å²) in [7, 11) is 0. The predicted octanol–water partition coefficient (Wildman–Crippen LogP) is 7.46. The molecule has 0 heterocycles. The molecule has 0 amide bonds. The van der Waals surface area contributed by atoms with E-state index in [0.717, 1.165) is 0 Å². The second-order valence-electron chi connectivity index (χ2n) is 6.39. The van der Waals surface area contributed by atoms with Crippen molar-refractivity contribution in [2.75, 3.05) is 6.61 Å². The van der Waals surface area contributed by atoms with Gasteiger partial charge >= 0.3 is 47.9 Å². The molecule has 1 aromatic rings. The van der Waals surface area contributed by atoms with Gasteiger partial charge in [0.25, 0.3) is 0 Å². The first-order valence-electron chi connectivity index (χ1n) is 7.82. The first-order valence-corrected chi connectivity index (χ1v) is 7.82. The molecule has 1 rings (SSSR count). The molecular formula is C15H6F18O. The summed E-state index contributed by atoms with van der Waals surface area (Å²) in [5.41, 5.74) is -1.68. The van der Waals surface area contributed by atoms with Crippen LogP contribution in [-0.4, -0.2) is 48.3 Å². The maximum Gasteiger partial charge on any atom is 0.460 e. The van der Waals surface area contributed by atoms with Crippen molar-refractivity contribution in [1.29, 1.82) is 0 Å². The molecule has 0 N–H and O–H groups in total. The zero-order chi connectivity index (χ0) is 27.4. The van der Waals surface area contributed by atoms with Crippen molar-refractivity contribution in [1.82, 2.24) is 0 Å². The van der Waals surface area contributed by atoms with E-state index < -0.39 is 65.8 Å². The molecule has 19 heteroatoms. The molecule has 0 aliphatic carbocycles. The van der Waals surface area contributed by atoms with Crippen LogP contribution in [0.25, 0.3) is 0 Å². The predicted molar refractivity (Wildman–Crippen MR) is 72.7 cm³/mol. The molecule has 1 nitrogen and oxygen atoms in total. The minimum Gasteiger partial charge on any atom is -0.487 e. The number of alkyl halides is 18. The van der Waals surface area contributed by atoms with E-state index >= 15 is 0 Å². The van der Waals surface area contributed by atoms with Crippen molar-refractivity contribution < 1.29 is 83.8 Å². The largest absolute Gasteiger partial charge is 0.487 e. The average Bonchev–Trinajstić information content (AvgIpc) is 2.64. The van der Waals surface area contributed by atoms with Crippen LogP contribution in [0.1, 0.15) is 5.56 Å². The first kappa shape index (κ1) is 29.8. The van der Waals surface area contributed by atoms with Crippen molar-refractivity contribution in [2.24, 2.45) is 0 Å². The summed E-state index contributed by atoms with van der Waals surface area (Å²) in [5.74, 6) is -49.2. The highest BCUT2D eigenvalue weighted by Gasteiger charge is 2.93. The fraction of sp³-hybridized carbons (Fsp3) is 0.600. The molecule has 0 aliphatic heterocycles. The molecule has 0 saturated heterocycles. The standard InChI is InChI=1S/C15H6F18O/c16-8(17,5-34-7-3-1-2-6(4-7)9(18,19)20)10(21,22)11(23,24)12(25,26)13(27,28)14(29,30)15(31,32)33/h1-4H,5H2. The van der Waals surface area contributed by atoms with Gasteiger partial charge in [-0.1, -0.05) is 6.07 Å². The Balaban J connectivity index is 3.36. The van der Waals surface area contributed by atoms with Gasteiger partial charge in [-0.3, -0.25) is 0 Å². The Labute approximate surface area is 175 Å². The van der Waals surface area contributed by atoms with E-state index in [2.05, 4.69) is 4.74 Å². The Morgan fingerprint density at radius 1 is 0.529 bits per heavy atom. The quantitative estimate of drug-likeness (QED) is 0.309. The fourth-order valence-electron chi connectivity index (χ4n) is 2.03. The molecule has 34 heavy (non-hydrogen) atoms. The second kappa shape index (κ2) is 8.17. The molecule has 0 atom stereocenters. The summed E-state index contributed by atoms with van der Waals surface area (Å²) in [4.78, 5) is 0. The molecule has 0 radical (unpaired) electrons. The van der Waals surface area contributed by atoms with Crippen molar-refractivity contribution >= 4 is 0 Å². The minimum absolute atomic E-state index is 0.168. The van der Waals surface area contributed by atoms with Crippen LogP contribution in [0.2, 0.25) is 0 Å². The van der Waals surface area contributed by atoms with E-state index in [1.54, 1.807) is 0 Å². The average molecular weight is 544 g/mol. The highest BCUT2D eigenvalue weighted by Crippen LogP contribution is 2.62. The van der Waals surface area contributed by atoms with Gasteiger partial charge in [-0.05, 0) is 18.2 Å². The lowest BCUT2D eigenvalue weighted by Gasteiger charge is -2.41. The molecular weight excluding hydrogens is 538 g/mol. The summed E-state index contributed by atoms with van der Waals surface area (Å²) in [6, 6.07) is 0.863. The van der Waals surface area contributed by atoms with Crippen LogP contribution in [0.15, 0.2) is 24.3 Å². The maximum atomic E-state index is 13.6. The number of benzene rings is 1. The smallest absolute Gasteiger partial charge is 0.460 e. The van der Waals surface area contributed by atoms with Gasteiger partial charge < -0.3 is 4.74 Å². The number of hydrogen-bond acceptors (Lipinski definition) is 1. The van der Waals surface area contributed by atoms with Gasteiger partial charge in [0.2, 0.25) is 0 Å². The summed E-state index contributed by atoms with van der Waals surface area (Å²) < 4.78 is 236. The third kappa shape index (κ3) is 4.52. The van der Waals surface area contributed by atoms with E-state index in [1.165, 1.54) is 0 Å². The van der Waals surface area contributed by atoms with Crippen molar-refractivity contribution in [3.8, 4) is 5.75 Å². The zero-order valence-electron chi connectivity index (χ0n) is 15.2. The summed E-state index contributed by atoms with van der Waals surface area (Å²) in [5, 5.41) is 0. The first-order chi connectivity index (χ1) is 14.7. The lowest BCUT2D eigenvalue weighted by molar-refractivity contribution is -0.453. The lowest BCUT2D eigenvalue weighted by atomic mass is 9.91. The van der Waals surface area contributed by atoms with Gasteiger partial charge in [0.05, 0.1) is 5.56 Å². The monoisotopic (exact) mass is 544 g/mol. The molecule has 0 bridgehead atoms. The third-order valence-electron chi connectivity index (χ3n) is 3.97. The highest BCUT2D eigenvalue weighted by molar-refractivity contribution is 5.30. The Kier molecular flexibility index (Phi) is 7.16. The van der Waals surface area contributed by atoms with Gasteiger partial charge in [-0.25, -0.2) is 0 Å². The molecule has 0 aliphatic rings. The molecule has 0 fully saturated rings. The third-order valence-corrected chi connectivity index (χ3v) is 3.97. The topological polar surface area (TPSA) is 9.23 Å². The molecule has 1 aromatic carbocycles. The van der Waals surface area contributed by atoms with Gasteiger partial charge in [-0.2, -0.15) is 79.0 Å². The lowest BCUT2D eigenvalue weighted by Crippen LogP contribution is -2.73. The highest BCUT2D eigenvalue weighted by atomic mass is 19.4.